The fourth-order valence-corrected chi connectivity index (χ4v) is 0.433. The van der Waals surface area contributed by atoms with E-state index in [9.17, 15) is 0 Å². The molecule has 8 heavy (non-hydrogen) atoms. The summed E-state index contributed by atoms with van der Waals surface area (Å²) < 4.78 is 0. The van der Waals surface area contributed by atoms with Crippen LogP contribution in [0.2, 0.25) is 0 Å². The van der Waals surface area contributed by atoms with Gasteiger partial charge in [0.25, 0.3) is 0 Å². The third-order valence-electron chi connectivity index (χ3n) is 0.683. The zero-order chi connectivity index (χ0) is 5.91. The third-order valence-corrected chi connectivity index (χ3v) is 0.683. The van der Waals surface area contributed by atoms with Crippen molar-refractivity contribution < 1.29 is 0 Å². The first-order chi connectivity index (χ1) is 3.06. The maximum Gasteiger partial charge on any atom is 0.115 e. The SMILES string of the molecule is CCCC(N)(N)N.Cl. The van der Waals surface area contributed by atoms with Crippen LogP contribution >= 0.6 is 12.4 Å². The first-order valence-corrected chi connectivity index (χ1v) is 2.43. The fourth-order valence-electron chi connectivity index (χ4n) is 0.433. The molecule has 0 spiro atoms. The molecule has 0 heterocycles. The van der Waals surface area contributed by atoms with Gasteiger partial charge in [0.15, 0.2) is 0 Å². The van der Waals surface area contributed by atoms with Gasteiger partial charge in [0, 0.05) is 0 Å². The standard InChI is InChI=1S/C4H13N3.ClH/c1-2-3-4(5,6)7;/h2-3,5-7H2,1H3;1H. The zero-order valence-corrected chi connectivity index (χ0v) is 5.87. The number of hydrogen-bond acceptors (Lipinski definition) is 3. The number of halogens is 1. The quantitative estimate of drug-likeness (QED) is 0.462. The van der Waals surface area contributed by atoms with Crippen molar-refractivity contribution in [1.82, 2.24) is 0 Å². The first kappa shape index (κ1) is 11.0. The van der Waals surface area contributed by atoms with E-state index >= 15 is 0 Å². The molecule has 0 radical (unpaired) electrons. The van der Waals surface area contributed by atoms with E-state index in [1.54, 1.807) is 0 Å². The summed E-state index contributed by atoms with van der Waals surface area (Å²) in [5.74, 6) is -0.950. The van der Waals surface area contributed by atoms with Gasteiger partial charge in [-0.2, -0.15) is 0 Å². The monoisotopic (exact) mass is 139 g/mol. The summed E-state index contributed by atoms with van der Waals surface area (Å²) in [6.45, 7) is 1.99. The van der Waals surface area contributed by atoms with Crippen molar-refractivity contribution in [3.8, 4) is 0 Å². The Balaban J connectivity index is 0. The van der Waals surface area contributed by atoms with Gasteiger partial charge in [0.2, 0.25) is 0 Å². The van der Waals surface area contributed by atoms with Crippen LogP contribution in [0.15, 0.2) is 0 Å². The van der Waals surface area contributed by atoms with E-state index in [4.69, 9.17) is 17.2 Å². The lowest BCUT2D eigenvalue weighted by atomic mass is 10.2. The Morgan fingerprint density at radius 3 is 1.62 bits per heavy atom. The second-order valence-corrected chi connectivity index (χ2v) is 1.86. The van der Waals surface area contributed by atoms with Gasteiger partial charge in [-0.1, -0.05) is 13.3 Å². The summed E-state index contributed by atoms with van der Waals surface area (Å²) in [4.78, 5) is 0. The van der Waals surface area contributed by atoms with Crippen molar-refractivity contribution in [1.29, 1.82) is 0 Å². The Kier molecular flexibility index (Phi) is 5.64. The highest BCUT2D eigenvalue weighted by Gasteiger charge is 2.07. The topological polar surface area (TPSA) is 78.1 Å². The smallest absolute Gasteiger partial charge is 0.115 e. The van der Waals surface area contributed by atoms with Gasteiger partial charge in [-0.25, -0.2) is 0 Å². The highest BCUT2D eigenvalue weighted by molar-refractivity contribution is 5.85. The van der Waals surface area contributed by atoms with Crippen LogP contribution in [0.3, 0.4) is 0 Å². The molecule has 0 aromatic carbocycles. The lowest BCUT2D eigenvalue weighted by Crippen LogP contribution is -2.57. The highest BCUT2D eigenvalue weighted by Crippen LogP contribution is 1.91. The second kappa shape index (κ2) is 4.09. The van der Waals surface area contributed by atoms with E-state index in [0.29, 0.717) is 6.42 Å². The minimum atomic E-state index is -0.950. The Hall–Kier alpha value is 0.170. The molecule has 0 aliphatic heterocycles. The van der Waals surface area contributed by atoms with E-state index in [2.05, 4.69) is 0 Å². The molecule has 0 unspecified atom stereocenters. The molecule has 0 aliphatic rings. The van der Waals surface area contributed by atoms with Crippen LogP contribution < -0.4 is 17.2 Å². The number of hydrogen-bond donors (Lipinski definition) is 3. The van der Waals surface area contributed by atoms with Crippen molar-refractivity contribution in [2.24, 2.45) is 17.2 Å². The van der Waals surface area contributed by atoms with Crippen molar-refractivity contribution in [3.63, 3.8) is 0 Å². The average Bonchev–Trinajstić information content (AvgIpc) is 1.30. The molecule has 0 saturated carbocycles. The average molecular weight is 140 g/mol. The molecule has 0 saturated heterocycles. The Morgan fingerprint density at radius 1 is 1.25 bits per heavy atom. The van der Waals surface area contributed by atoms with E-state index in [1.807, 2.05) is 6.92 Å². The summed E-state index contributed by atoms with van der Waals surface area (Å²) in [5.41, 5.74) is 15.6. The summed E-state index contributed by atoms with van der Waals surface area (Å²) in [6.07, 6.45) is 1.61. The third kappa shape index (κ3) is 9.48. The maximum atomic E-state index is 5.20. The molecule has 0 aliphatic carbocycles. The zero-order valence-electron chi connectivity index (χ0n) is 5.05. The molecular formula is C4H14ClN3. The molecule has 0 aromatic heterocycles. The fraction of sp³-hybridized carbons (Fsp3) is 1.00. The first-order valence-electron chi connectivity index (χ1n) is 2.43. The van der Waals surface area contributed by atoms with Gasteiger partial charge in [-0.3, -0.25) is 0 Å². The second-order valence-electron chi connectivity index (χ2n) is 1.86. The lowest BCUT2D eigenvalue weighted by molar-refractivity contribution is 0.420. The number of rotatable bonds is 2. The predicted octanol–water partition coefficient (Wildman–Crippen LogP) is -0.262. The minimum absolute atomic E-state index is 0. The van der Waals surface area contributed by atoms with Crippen LogP contribution in [-0.4, -0.2) is 5.79 Å². The Labute approximate surface area is 56.0 Å². The molecule has 0 amide bonds. The minimum Gasteiger partial charge on any atom is -0.301 e. The van der Waals surface area contributed by atoms with E-state index < -0.39 is 5.79 Å². The van der Waals surface area contributed by atoms with Crippen LogP contribution in [0.1, 0.15) is 19.8 Å². The van der Waals surface area contributed by atoms with Gasteiger partial charge < -0.3 is 17.2 Å². The van der Waals surface area contributed by atoms with E-state index in [-0.39, 0.29) is 12.4 Å². The molecular weight excluding hydrogens is 126 g/mol. The van der Waals surface area contributed by atoms with E-state index in [0.717, 1.165) is 6.42 Å². The molecule has 0 rings (SSSR count). The van der Waals surface area contributed by atoms with Crippen LogP contribution in [0.4, 0.5) is 0 Å². The van der Waals surface area contributed by atoms with Gasteiger partial charge in [0.05, 0.1) is 0 Å². The summed E-state index contributed by atoms with van der Waals surface area (Å²) in [7, 11) is 0. The lowest BCUT2D eigenvalue weighted by Gasteiger charge is -2.15. The van der Waals surface area contributed by atoms with Crippen LogP contribution in [0.5, 0.6) is 0 Å². The molecule has 0 aromatic rings. The largest absolute Gasteiger partial charge is 0.301 e. The van der Waals surface area contributed by atoms with Crippen LogP contribution in [0.25, 0.3) is 0 Å². The van der Waals surface area contributed by atoms with Gasteiger partial charge in [0.1, 0.15) is 5.79 Å². The van der Waals surface area contributed by atoms with Crippen molar-refractivity contribution in [3.05, 3.63) is 0 Å². The molecule has 6 N–H and O–H groups in total. The van der Waals surface area contributed by atoms with Crippen molar-refractivity contribution >= 4 is 12.4 Å². The van der Waals surface area contributed by atoms with Crippen LogP contribution in [-0.2, 0) is 0 Å². The molecule has 0 fully saturated rings. The maximum absolute atomic E-state index is 5.20. The van der Waals surface area contributed by atoms with E-state index in [1.165, 1.54) is 0 Å². The molecule has 3 nitrogen and oxygen atoms in total. The van der Waals surface area contributed by atoms with Gasteiger partial charge in [-0.15, -0.1) is 12.4 Å². The molecule has 0 bridgehead atoms. The predicted molar refractivity (Wildman–Crippen MR) is 37.4 cm³/mol. The summed E-state index contributed by atoms with van der Waals surface area (Å²) >= 11 is 0. The van der Waals surface area contributed by atoms with Gasteiger partial charge >= 0.3 is 0 Å². The molecule has 52 valence electrons. The molecule has 4 heteroatoms. The van der Waals surface area contributed by atoms with Crippen molar-refractivity contribution in [2.45, 2.75) is 25.6 Å². The summed E-state index contributed by atoms with van der Waals surface area (Å²) in [6, 6.07) is 0. The summed E-state index contributed by atoms with van der Waals surface area (Å²) in [5, 5.41) is 0. The normalized spacial score (nSPS) is 10.5. The highest BCUT2D eigenvalue weighted by atomic mass is 35.5. The van der Waals surface area contributed by atoms with Crippen molar-refractivity contribution in [2.75, 3.05) is 0 Å². The van der Waals surface area contributed by atoms with Crippen LogP contribution in [0, 0.1) is 0 Å². The number of nitrogens with two attached hydrogens (primary N) is 3. The van der Waals surface area contributed by atoms with Gasteiger partial charge in [-0.05, 0) is 6.42 Å². The molecule has 0 atom stereocenters. The Bertz CT molecular complexity index is 49.7. The Morgan fingerprint density at radius 2 is 1.62 bits per heavy atom.